The molecule has 144 valence electrons. The van der Waals surface area contributed by atoms with Crippen LogP contribution in [0.3, 0.4) is 0 Å². The third-order valence-electron chi connectivity index (χ3n) is 3.72. The molecule has 2 rings (SSSR count). The van der Waals surface area contributed by atoms with Crippen LogP contribution in [0, 0.1) is 0 Å². The number of hydrogen-bond acceptors (Lipinski definition) is 5. The lowest BCUT2D eigenvalue weighted by molar-refractivity contribution is -0.143. The minimum absolute atomic E-state index is 0.0196. The molecular formula is C19H22N2O5S. The largest absolute Gasteiger partial charge is 0.465 e. The van der Waals surface area contributed by atoms with Gasteiger partial charge in [0.15, 0.2) is 0 Å². The number of ether oxygens (including phenoxy) is 1. The molecule has 0 radical (unpaired) electrons. The van der Waals surface area contributed by atoms with Gasteiger partial charge in [0, 0.05) is 19.2 Å². The van der Waals surface area contributed by atoms with Crippen molar-refractivity contribution in [3.8, 4) is 0 Å². The zero-order chi connectivity index (χ0) is 19.9. The number of nitrogens with one attached hydrogen (secondary N) is 1. The average Bonchev–Trinajstić information content (AvgIpc) is 2.67. The number of nitrogens with zero attached hydrogens (tertiary/aromatic N) is 1. The Balaban J connectivity index is 2.11. The van der Waals surface area contributed by atoms with E-state index >= 15 is 0 Å². The van der Waals surface area contributed by atoms with E-state index in [0.29, 0.717) is 0 Å². The van der Waals surface area contributed by atoms with Gasteiger partial charge in [0.2, 0.25) is 10.0 Å². The van der Waals surface area contributed by atoms with Gasteiger partial charge in [0.1, 0.15) is 6.54 Å². The molecule has 0 aliphatic heterocycles. The molecule has 0 aromatic heterocycles. The Bertz CT molecular complexity index is 897. The molecule has 27 heavy (non-hydrogen) atoms. The molecule has 0 saturated carbocycles. The monoisotopic (exact) mass is 390 g/mol. The van der Waals surface area contributed by atoms with Crippen molar-refractivity contribution in [1.29, 1.82) is 0 Å². The van der Waals surface area contributed by atoms with Gasteiger partial charge in [-0.2, -0.15) is 0 Å². The van der Waals surface area contributed by atoms with Gasteiger partial charge in [-0.3, -0.25) is 9.59 Å². The Kier molecular flexibility index (Phi) is 7.09. The van der Waals surface area contributed by atoms with Crippen molar-refractivity contribution in [2.24, 2.45) is 0 Å². The second-order valence-corrected chi connectivity index (χ2v) is 7.57. The number of rotatable bonds is 8. The summed E-state index contributed by atoms with van der Waals surface area (Å²) in [5.41, 5.74) is 0.992. The molecule has 7 nitrogen and oxygen atoms in total. The van der Waals surface area contributed by atoms with E-state index in [-0.39, 0.29) is 30.2 Å². The molecule has 0 fully saturated rings. The van der Waals surface area contributed by atoms with E-state index in [2.05, 4.69) is 4.72 Å². The Morgan fingerprint density at radius 3 is 2.44 bits per heavy atom. The zero-order valence-corrected chi connectivity index (χ0v) is 16.0. The molecule has 0 spiro atoms. The molecule has 1 amide bonds. The van der Waals surface area contributed by atoms with E-state index in [4.69, 9.17) is 4.74 Å². The summed E-state index contributed by atoms with van der Waals surface area (Å²) in [5, 5.41) is 0. The van der Waals surface area contributed by atoms with Crippen LogP contribution in [-0.2, 0) is 26.1 Å². The quantitative estimate of drug-likeness (QED) is 0.694. The van der Waals surface area contributed by atoms with Crippen LogP contribution in [0.5, 0.6) is 0 Å². The maximum absolute atomic E-state index is 12.5. The van der Waals surface area contributed by atoms with Crippen LogP contribution in [0.1, 0.15) is 22.8 Å². The van der Waals surface area contributed by atoms with Crippen LogP contribution in [0.25, 0.3) is 0 Å². The van der Waals surface area contributed by atoms with Crippen LogP contribution in [-0.4, -0.2) is 45.4 Å². The first kappa shape index (κ1) is 20.6. The number of hydrogen-bond donors (Lipinski definition) is 1. The fourth-order valence-electron chi connectivity index (χ4n) is 2.35. The highest BCUT2D eigenvalue weighted by Crippen LogP contribution is 2.14. The van der Waals surface area contributed by atoms with Gasteiger partial charge < -0.3 is 9.64 Å². The SMILES string of the molecule is CCOC(=O)CN(C)C(=O)c1cccc(S(=O)(=O)NCc2ccccc2)c1. The predicted molar refractivity (Wildman–Crippen MR) is 101 cm³/mol. The van der Waals surface area contributed by atoms with E-state index in [0.717, 1.165) is 5.56 Å². The van der Waals surface area contributed by atoms with Gasteiger partial charge in [0.25, 0.3) is 5.91 Å². The number of benzene rings is 2. The highest BCUT2D eigenvalue weighted by Gasteiger charge is 2.19. The van der Waals surface area contributed by atoms with Crippen molar-refractivity contribution < 1.29 is 22.7 Å². The minimum Gasteiger partial charge on any atom is -0.465 e. The summed E-state index contributed by atoms with van der Waals surface area (Å²) >= 11 is 0. The second-order valence-electron chi connectivity index (χ2n) is 5.80. The first-order valence-electron chi connectivity index (χ1n) is 8.38. The third-order valence-corrected chi connectivity index (χ3v) is 5.12. The highest BCUT2D eigenvalue weighted by molar-refractivity contribution is 7.89. The molecule has 1 N–H and O–H groups in total. The summed E-state index contributed by atoms with van der Waals surface area (Å²) < 4.78 is 32.3. The van der Waals surface area contributed by atoms with Gasteiger partial charge in [-0.15, -0.1) is 0 Å². The number of carbonyl (C=O) groups is 2. The molecule has 2 aromatic rings. The third kappa shape index (κ3) is 5.90. The number of sulfonamides is 1. The standard InChI is InChI=1S/C19H22N2O5S/c1-3-26-18(22)14-21(2)19(23)16-10-7-11-17(12-16)27(24,25)20-13-15-8-5-4-6-9-15/h4-12,20H,3,13-14H2,1-2H3. The number of amides is 1. The van der Waals surface area contributed by atoms with Crippen LogP contribution in [0.4, 0.5) is 0 Å². The van der Waals surface area contributed by atoms with E-state index in [1.54, 1.807) is 6.92 Å². The van der Waals surface area contributed by atoms with Crippen LogP contribution >= 0.6 is 0 Å². The van der Waals surface area contributed by atoms with Crippen LogP contribution in [0.15, 0.2) is 59.5 Å². The maximum Gasteiger partial charge on any atom is 0.325 e. The van der Waals surface area contributed by atoms with Crippen molar-refractivity contribution in [2.75, 3.05) is 20.2 Å². The Morgan fingerprint density at radius 1 is 1.07 bits per heavy atom. The fourth-order valence-corrected chi connectivity index (χ4v) is 3.41. The van der Waals surface area contributed by atoms with Crippen LogP contribution < -0.4 is 4.72 Å². The first-order chi connectivity index (χ1) is 12.8. The van der Waals surface area contributed by atoms with Gasteiger partial charge in [-0.1, -0.05) is 36.4 Å². The Morgan fingerprint density at radius 2 is 1.78 bits per heavy atom. The predicted octanol–water partition coefficient (Wildman–Crippen LogP) is 1.80. The van der Waals surface area contributed by atoms with E-state index in [1.807, 2.05) is 30.3 Å². The van der Waals surface area contributed by atoms with Crippen molar-refractivity contribution in [1.82, 2.24) is 9.62 Å². The summed E-state index contributed by atoms with van der Waals surface area (Å²) in [6, 6.07) is 14.8. The Hall–Kier alpha value is -2.71. The normalized spacial score (nSPS) is 11.0. The fraction of sp³-hybridized carbons (Fsp3) is 0.263. The van der Waals surface area contributed by atoms with Crippen molar-refractivity contribution in [2.45, 2.75) is 18.4 Å². The highest BCUT2D eigenvalue weighted by atomic mass is 32.2. The summed E-state index contributed by atoms with van der Waals surface area (Å²) in [6.07, 6.45) is 0. The topological polar surface area (TPSA) is 92.8 Å². The summed E-state index contributed by atoms with van der Waals surface area (Å²) in [7, 11) is -2.33. The number of likely N-dealkylation sites (N-methyl/N-ethyl adjacent to an activating group) is 1. The molecule has 0 atom stereocenters. The molecule has 0 heterocycles. The molecule has 0 aliphatic rings. The van der Waals surface area contributed by atoms with E-state index < -0.39 is 21.9 Å². The van der Waals surface area contributed by atoms with Crippen molar-refractivity contribution in [3.05, 3.63) is 65.7 Å². The molecule has 0 saturated heterocycles. The number of esters is 1. The molecule has 0 unspecified atom stereocenters. The molecule has 8 heteroatoms. The summed E-state index contributed by atoms with van der Waals surface area (Å²) in [4.78, 5) is 25.1. The first-order valence-corrected chi connectivity index (χ1v) is 9.86. The number of carbonyl (C=O) groups excluding carboxylic acids is 2. The van der Waals surface area contributed by atoms with Crippen molar-refractivity contribution in [3.63, 3.8) is 0 Å². The lowest BCUT2D eigenvalue weighted by Crippen LogP contribution is -2.33. The van der Waals surface area contributed by atoms with Crippen LogP contribution in [0.2, 0.25) is 0 Å². The molecule has 0 bridgehead atoms. The zero-order valence-electron chi connectivity index (χ0n) is 15.2. The smallest absolute Gasteiger partial charge is 0.325 e. The molecule has 0 aliphatic carbocycles. The lowest BCUT2D eigenvalue weighted by atomic mass is 10.2. The lowest BCUT2D eigenvalue weighted by Gasteiger charge is -2.16. The second kappa shape index (κ2) is 9.29. The Labute approximate surface area is 159 Å². The summed E-state index contributed by atoms with van der Waals surface area (Å²) in [5.74, 6) is -0.996. The van der Waals surface area contributed by atoms with Gasteiger partial charge in [-0.25, -0.2) is 13.1 Å². The maximum atomic E-state index is 12.5. The van der Waals surface area contributed by atoms with E-state index in [1.165, 1.54) is 36.2 Å². The molecule has 2 aromatic carbocycles. The van der Waals surface area contributed by atoms with E-state index in [9.17, 15) is 18.0 Å². The summed E-state index contributed by atoms with van der Waals surface area (Å²) in [6.45, 7) is 1.83. The van der Waals surface area contributed by atoms with Crippen molar-refractivity contribution >= 4 is 21.9 Å². The van der Waals surface area contributed by atoms with Gasteiger partial charge >= 0.3 is 5.97 Å². The molecular weight excluding hydrogens is 368 g/mol. The van der Waals surface area contributed by atoms with Gasteiger partial charge in [0.05, 0.1) is 11.5 Å². The van der Waals surface area contributed by atoms with Gasteiger partial charge in [-0.05, 0) is 30.7 Å². The minimum atomic E-state index is -3.78. The average molecular weight is 390 g/mol.